The van der Waals surface area contributed by atoms with Crippen LogP contribution in [0.3, 0.4) is 0 Å². The third-order valence-electron chi connectivity index (χ3n) is 4.53. The van der Waals surface area contributed by atoms with Crippen LogP contribution in [0.25, 0.3) is 0 Å². The topological polar surface area (TPSA) is 117 Å². The molecule has 0 saturated carbocycles. The third kappa shape index (κ3) is 4.24. The maximum absolute atomic E-state index is 13.1. The number of carbonyl (C=O) groups excluding carboxylic acids is 2. The lowest BCUT2D eigenvalue weighted by molar-refractivity contribution is -0.137. The van der Waals surface area contributed by atoms with Gasteiger partial charge < -0.3 is 20.1 Å². The molecular weight excluding hydrogens is 401 g/mol. The molecule has 0 spiro atoms. The van der Waals surface area contributed by atoms with Gasteiger partial charge in [0.05, 0.1) is 35.4 Å². The van der Waals surface area contributed by atoms with Gasteiger partial charge in [-0.15, -0.1) is 0 Å². The van der Waals surface area contributed by atoms with Crippen molar-refractivity contribution in [1.29, 1.82) is 10.5 Å². The lowest BCUT2D eigenvalue weighted by Crippen LogP contribution is -2.52. The maximum atomic E-state index is 13.1. The number of hydrogen-bond acceptors (Lipinski definition) is 5. The van der Waals surface area contributed by atoms with Crippen molar-refractivity contribution in [2.45, 2.75) is 11.7 Å². The summed E-state index contributed by atoms with van der Waals surface area (Å²) in [6.45, 7) is -0.837. The van der Waals surface area contributed by atoms with Crippen molar-refractivity contribution in [3.05, 3.63) is 64.7 Å². The minimum Gasteiger partial charge on any atom is -0.393 e. The molecule has 0 bridgehead atoms. The summed E-state index contributed by atoms with van der Waals surface area (Å²) in [6.07, 6.45) is -4.50. The number of nitrogens with zero attached hydrogens (tertiary/aromatic N) is 3. The van der Waals surface area contributed by atoms with Crippen LogP contribution in [0.4, 0.5) is 23.7 Å². The second-order valence-electron chi connectivity index (χ2n) is 6.25. The highest BCUT2D eigenvalue weighted by Crippen LogP contribution is 2.34. The van der Waals surface area contributed by atoms with Crippen LogP contribution in [0, 0.1) is 22.7 Å². The number of nitriles is 2. The number of halogens is 3. The van der Waals surface area contributed by atoms with Gasteiger partial charge in [0.25, 0.3) is 0 Å². The molecule has 2 amide bonds. The summed E-state index contributed by atoms with van der Waals surface area (Å²) < 4.78 is 39.4. The normalized spacial score (nSPS) is 12.8. The molecule has 0 aliphatic carbocycles. The number of likely N-dealkylation sites (N-methyl/N-ethyl adjacent to an activating group) is 1. The average molecular weight is 416 g/mol. The van der Waals surface area contributed by atoms with Gasteiger partial charge in [0.15, 0.2) is 6.29 Å². The monoisotopic (exact) mass is 416 g/mol. The van der Waals surface area contributed by atoms with Gasteiger partial charge >= 0.3 is 12.2 Å². The van der Waals surface area contributed by atoms with Crippen LogP contribution in [-0.4, -0.2) is 36.0 Å². The first kappa shape index (κ1) is 22.4. The van der Waals surface area contributed by atoms with Gasteiger partial charge in [-0.1, -0.05) is 12.1 Å². The van der Waals surface area contributed by atoms with Crippen molar-refractivity contribution in [2.75, 3.05) is 19.0 Å². The average Bonchev–Trinajstić information content (AvgIpc) is 2.74. The van der Waals surface area contributed by atoms with Gasteiger partial charge in [0, 0.05) is 12.7 Å². The fraction of sp³-hybridized carbons (Fsp3) is 0.200. The van der Waals surface area contributed by atoms with Gasteiger partial charge in [-0.2, -0.15) is 23.7 Å². The van der Waals surface area contributed by atoms with E-state index >= 15 is 0 Å². The molecule has 0 heterocycles. The Morgan fingerprint density at radius 2 is 1.90 bits per heavy atom. The fourth-order valence-corrected chi connectivity index (χ4v) is 2.78. The zero-order valence-electron chi connectivity index (χ0n) is 15.6. The summed E-state index contributed by atoms with van der Waals surface area (Å²) in [6, 6.07) is 10.6. The molecule has 154 valence electrons. The Balaban J connectivity index is 2.41. The number of benzene rings is 2. The van der Waals surface area contributed by atoms with Crippen molar-refractivity contribution in [1.82, 2.24) is 4.90 Å². The molecule has 1 unspecified atom stereocenters. The summed E-state index contributed by atoms with van der Waals surface area (Å²) in [7, 11) is 1.17. The van der Waals surface area contributed by atoms with Gasteiger partial charge in [-0.05, 0) is 35.9 Å². The van der Waals surface area contributed by atoms with Crippen LogP contribution in [0.15, 0.2) is 42.5 Å². The Morgan fingerprint density at radius 3 is 2.43 bits per heavy atom. The van der Waals surface area contributed by atoms with Crippen LogP contribution < -0.4 is 5.32 Å². The highest BCUT2D eigenvalue weighted by atomic mass is 19.4. The minimum atomic E-state index is -4.81. The molecule has 0 fully saturated rings. The number of amides is 2. The van der Waals surface area contributed by atoms with Crippen LogP contribution in [0.2, 0.25) is 0 Å². The van der Waals surface area contributed by atoms with E-state index in [-0.39, 0.29) is 16.8 Å². The molecule has 0 aliphatic heterocycles. The van der Waals surface area contributed by atoms with E-state index in [4.69, 9.17) is 10.5 Å². The lowest BCUT2D eigenvalue weighted by Gasteiger charge is -2.36. The largest absolute Gasteiger partial charge is 0.417 e. The predicted molar refractivity (Wildman–Crippen MR) is 98.9 cm³/mol. The fourth-order valence-electron chi connectivity index (χ4n) is 2.78. The molecule has 7 nitrogen and oxygen atoms in total. The third-order valence-corrected chi connectivity index (χ3v) is 4.53. The van der Waals surface area contributed by atoms with E-state index in [1.807, 2.05) is 6.07 Å². The Morgan fingerprint density at radius 1 is 1.20 bits per heavy atom. The number of aliphatic hydroxyl groups is 1. The lowest BCUT2D eigenvalue weighted by atomic mass is 9.89. The number of carbonyl (C=O) groups is 2. The van der Waals surface area contributed by atoms with E-state index in [1.165, 1.54) is 37.4 Å². The van der Waals surface area contributed by atoms with Crippen molar-refractivity contribution in [2.24, 2.45) is 0 Å². The Labute approximate surface area is 169 Å². The Hall–Kier alpha value is -3.89. The molecule has 2 rings (SSSR count). The number of hydrogen-bond donors (Lipinski definition) is 2. The van der Waals surface area contributed by atoms with Gasteiger partial charge in [-0.3, -0.25) is 0 Å². The number of aldehydes is 1. The first-order valence-corrected chi connectivity index (χ1v) is 8.37. The highest BCUT2D eigenvalue weighted by Gasteiger charge is 2.39. The maximum Gasteiger partial charge on any atom is 0.417 e. The van der Waals surface area contributed by atoms with Crippen LogP contribution in [0.1, 0.15) is 22.3 Å². The molecule has 2 N–H and O–H groups in total. The van der Waals surface area contributed by atoms with Gasteiger partial charge in [0.1, 0.15) is 5.54 Å². The molecule has 0 aromatic heterocycles. The molecule has 1 atom stereocenters. The van der Waals surface area contributed by atoms with E-state index in [0.717, 1.165) is 17.0 Å². The molecule has 30 heavy (non-hydrogen) atoms. The van der Waals surface area contributed by atoms with Gasteiger partial charge in [0.2, 0.25) is 0 Å². The SMILES string of the molecule is CN(C(=O)Nc1ccc(C#N)c(C(F)(F)F)c1)C(C=O)(CO)c1cccc(C#N)c1. The van der Waals surface area contributed by atoms with E-state index in [2.05, 4.69) is 5.32 Å². The molecule has 0 saturated heterocycles. The summed E-state index contributed by atoms with van der Waals surface area (Å²) in [4.78, 5) is 25.4. The Kier molecular flexibility index (Phi) is 6.45. The second-order valence-corrected chi connectivity index (χ2v) is 6.25. The summed E-state index contributed by atoms with van der Waals surface area (Å²) in [5, 5.41) is 30.0. The zero-order valence-corrected chi connectivity index (χ0v) is 15.6. The standard InChI is InChI=1S/C20H15F3N4O3/c1-27(19(11-28,12-29)15-4-2-3-13(7-15)9-24)18(30)26-16-6-5-14(10-25)17(8-16)20(21,22)23/h2-8,11,29H,12H2,1H3,(H,26,30). The Bertz CT molecular complexity index is 1060. The molecule has 10 heteroatoms. The number of urea groups is 1. The smallest absolute Gasteiger partial charge is 0.393 e. The van der Waals surface area contributed by atoms with Crippen molar-refractivity contribution >= 4 is 18.0 Å². The first-order chi connectivity index (χ1) is 14.1. The van der Waals surface area contributed by atoms with E-state index in [9.17, 15) is 27.9 Å². The minimum absolute atomic E-state index is 0.146. The van der Waals surface area contributed by atoms with E-state index in [1.54, 1.807) is 0 Å². The summed E-state index contributed by atoms with van der Waals surface area (Å²) in [5.41, 5.74) is -3.65. The number of anilines is 1. The van der Waals surface area contributed by atoms with E-state index in [0.29, 0.717) is 12.4 Å². The predicted octanol–water partition coefficient (Wildman–Crippen LogP) is 3.00. The number of aliphatic hydroxyl groups excluding tert-OH is 1. The second kappa shape index (κ2) is 8.64. The number of alkyl halides is 3. The number of nitrogens with one attached hydrogen (secondary N) is 1. The van der Waals surface area contributed by atoms with Crippen molar-refractivity contribution in [3.8, 4) is 12.1 Å². The summed E-state index contributed by atoms with van der Waals surface area (Å²) >= 11 is 0. The van der Waals surface area contributed by atoms with Crippen LogP contribution in [-0.2, 0) is 16.5 Å². The van der Waals surface area contributed by atoms with Crippen molar-refractivity contribution in [3.63, 3.8) is 0 Å². The van der Waals surface area contributed by atoms with Crippen LogP contribution in [0.5, 0.6) is 0 Å². The summed E-state index contributed by atoms with van der Waals surface area (Å²) in [5.74, 6) is 0. The molecule has 2 aromatic carbocycles. The highest BCUT2D eigenvalue weighted by molar-refractivity contribution is 5.92. The van der Waals surface area contributed by atoms with Gasteiger partial charge in [-0.25, -0.2) is 4.79 Å². The zero-order chi connectivity index (χ0) is 22.5. The van der Waals surface area contributed by atoms with Crippen molar-refractivity contribution < 1.29 is 27.9 Å². The molecule has 0 aliphatic rings. The molecule has 2 aromatic rings. The first-order valence-electron chi connectivity index (χ1n) is 8.37. The van der Waals surface area contributed by atoms with E-state index < -0.39 is 35.5 Å². The molecular formula is C20H15F3N4O3. The quantitative estimate of drug-likeness (QED) is 0.727. The van der Waals surface area contributed by atoms with Crippen LogP contribution >= 0.6 is 0 Å². The molecule has 0 radical (unpaired) electrons. The number of rotatable bonds is 5.